The van der Waals surface area contributed by atoms with Gasteiger partial charge in [-0.25, -0.2) is 0 Å². The maximum Gasteiger partial charge on any atom is 0.0486 e. The molecule has 2 rings (SSSR count). The van der Waals surface area contributed by atoms with Crippen LogP contribution in [0.5, 0.6) is 0 Å². The van der Waals surface area contributed by atoms with Gasteiger partial charge in [-0.05, 0) is 30.9 Å². The van der Waals surface area contributed by atoms with Crippen molar-refractivity contribution in [2.75, 3.05) is 0 Å². The second-order valence-electron chi connectivity index (χ2n) is 6.04. The van der Waals surface area contributed by atoms with Crippen molar-refractivity contribution in [2.24, 2.45) is 0 Å². The molecule has 20 heavy (non-hydrogen) atoms. The second kappa shape index (κ2) is 8.14. The molecule has 0 aliphatic heterocycles. The Balaban J connectivity index is 1.70. The summed E-state index contributed by atoms with van der Waals surface area (Å²) in [5.41, 5.74) is 4.17. The van der Waals surface area contributed by atoms with Crippen LogP contribution in [0.4, 0.5) is 0 Å². The van der Waals surface area contributed by atoms with Crippen LogP contribution in [-0.2, 0) is 6.42 Å². The van der Waals surface area contributed by atoms with E-state index in [1.54, 1.807) is 0 Å². The summed E-state index contributed by atoms with van der Waals surface area (Å²) < 4.78 is 0. The van der Waals surface area contributed by atoms with Crippen molar-refractivity contribution >= 4 is 10.9 Å². The normalized spacial score (nSPS) is 11.3. The summed E-state index contributed by atoms with van der Waals surface area (Å²) in [6, 6.07) is 6.60. The summed E-state index contributed by atoms with van der Waals surface area (Å²) in [6.07, 6.45) is 14.6. The Kier molecular flexibility index (Phi) is 6.17. The lowest BCUT2D eigenvalue weighted by molar-refractivity contribution is 0.576. The number of hydrogen-bond acceptors (Lipinski definition) is 0. The van der Waals surface area contributed by atoms with Crippen LogP contribution in [0.25, 0.3) is 10.9 Å². The maximum atomic E-state index is 3.43. The smallest absolute Gasteiger partial charge is 0.0486 e. The molecule has 2 aromatic rings. The summed E-state index contributed by atoms with van der Waals surface area (Å²) in [4.78, 5) is 3.43. The summed E-state index contributed by atoms with van der Waals surface area (Å²) in [7, 11) is 0. The van der Waals surface area contributed by atoms with Crippen molar-refractivity contribution in [1.82, 2.24) is 4.98 Å². The lowest BCUT2D eigenvalue weighted by atomic mass is 10.0. The summed E-state index contributed by atoms with van der Waals surface area (Å²) in [5, 5.41) is 1.42. The molecule has 1 N–H and O–H groups in total. The highest BCUT2D eigenvalue weighted by Crippen LogP contribution is 2.23. The molecule has 1 nitrogen and oxygen atoms in total. The third-order valence-electron chi connectivity index (χ3n) is 4.31. The first kappa shape index (κ1) is 15.2. The zero-order valence-electron chi connectivity index (χ0n) is 13.2. The number of aromatic amines is 1. The second-order valence-corrected chi connectivity index (χ2v) is 6.04. The molecule has 0 unspecified atom stereocenters. The van der Waals surface area contributed by atoms with E-state index in [4.69, 9.17) is 0 Å². The van der Waals surface area contributed by atoms with E-state index in [2.05, 4.69) is 43.2 Å². The Morgan fingerprint density at radius 3 is 2.35 bits per heavy atom. The van der Waals surface area contributed by atoms with Crippen LogP contribution in [0.2, 0.25) is 0 Å². The Morgan fingerprint density at radius 2 is 1.60 bits per heavy atom. The van der Waals surface area contributed by atoms with Crippen molar-refractivity contribution in [3.05, 3.63) is 35.5 Å². The van der Waals surface area contributed by atoms with Gasteiger partial charge in [0.05, 0.1) is 0 Å². The molecule has 0 atom stereocenters. The van der Waals surface area contributed by atoms with Crippen LogP contribution in [-0.4, -0.2) is 4.98 Å². The quantitative estimate of drug-likeness (QED) is 0.526. The molecular formula is C19H29N. The third kappa shape index (κ3) is 4.13. The molecule has 0 amide bonds. The number of unbranched alkanes of at least 4 members (excludes halogenated alkanes) is 7. The third-order valence-corrected chi connectivity index (χ3v) is 4.31. The maximum absolute atomic E-state index is 3.43. The molecule has 110 valence electrons. The van der Waals surface area contributed by atoms with Gasteiger partial charge in [0.25, 0.3) is 0 Å². The number of hydrogen-bond donors (Lipinski definition) is 1. The van der Waals surface area contributed by atoms with Gasteiger partial charge >= 0.3 is 0 Å². The molecular weight excluding hydrogens is 242 g/mol. The minimum absolute atomic E-state index is 1.22. The average Bonchev–Trinajstić information content (AvgIpc) is 2.87. The first-order valence-corrected chi connectivity index (χ1v) is 8.38. The lowest BCUT2D eigenvalue weighted by Gasteiger charge is -2.02. The van der Waals surface area contributed by atoms with Gasteiger partial charge in [-0.3, -0.25) is 0 Å². The predicted octanol–water partition coefficient (Wildman–Crippen LogP) is 6.16. The number of nitrogens with one attached hydrogen (secondary N) is 1. The van der Waals surface area contributed by atoms with Crippen LogP contribution in [0.15, 0.2) is 24.4 Å². The van der Waals surface area contributed by atoms with E-state index in [9.17, 15) is 0 Å². The van der Waals surface area contributed by atoms with Gasteiger partial charge in [-0.1, -0.05) is 70.1 Å². The molecule has 1 aromatic heterocycles. The zero-order chi connectivity index (χ0) is 14.2. The average molecular weight is 271 g/mol. The Hall–Kier alpha value is -1.24. The van der Waals surface area contributed by atoms with E-state index in [-0.39, 0.29) is 0 Å². The van der Waals surface area contributed by atoms with Crippen LogP contribution < -0.4 is 0 Å². The first-order chi connectivity index (χ1) is 9.83. The van der Waals surface area contributed by atoms with Crippen molar-refractivity contribution in [2.45, 2.75) is 71.6 Å². The fraction of sp³-hybridized carbons (Fsp3) is 0.579. The Labute approximate surface area is 123 Å². The summed E-state index contributed by atoms with van der Waals surface area (Å²) >= 11 is 0. The van der Waals surface area contributed by atoms with Gasteiger partial charge in [0.1, 0.15) is 0 Å². The van der Waals surface area contributed by atoms with E-state index in [1.165, 1.54) is 79.8 Å². The van der Waals surface area contributed by atoms with E-state index in [0.29, 0.717) is 0 Å². The number of fused-ring (bicyclic) bond motifs is 1. The van der Waals surface area contributed by atoms with Gasteiger partial charge < -0.3 is 4.98 Å². The highest BCUT2D eigenvalue weighted by atomic mass is 14.7. The topological polar surface area (TPSA) is 15.8 Å². The van der Waals surface area contributed by atoms with Crippen LogP contribution in [0.1, 0.15) is 69.4 Å². The van der Waals surface area contributed by atoms with Crippen molar-refractivity contribution in [3.63, 3.8) is 0 Å². The standard InChI is InChI=1S/C19H29N/c1-3-4-5-6-7-8-9-10-13-17-15-20-19-16(2)12-11-14-18(17)19/h11-12,14-15,20H,3-10,13H2,1-2H3. The fourth-order valence-electron chi connectivity index (χ4n) is 3.02. The molecule has 0 spiro atoms. The molecule has 1 heteroatoms. The SMILES string of the molecule is CCCCCCCCCCc1c[nH]c2c(C)cccc12. The molecule has 0 saturated heterocycles. The van der Waals surface area contributed by atoms with Gasteiger partial charge in [0.2, 0.25) is 0 Å². The minimum Gasteiger partial charge on any atom is -0.361 e. The number of H-pyrrole nitrogens is 1. The predicted molar refractivity (Wildman–Crippen MR) is 89.3 cm³/mol. The number of aromatic nitrogens is 1. The van der Waals surface area contributed by atoms with Gasteiger partial charge in [0, 0.05) is 17.1 Å². The molecule has 1 heterocycles. The molecule has 0 aliphatic carbocycles. The largest absolute Gasteiger partial charge is 0.361 e. The fourth-order valence-corrected chi connectivity index (χ4v) is 3.02. The molecule has 0 radical (unpaired) electrons. The molecule has 0 fully saturated rings. The highest BCUT2D eigenvalue weighted by Gasteiger charge is 2.04. The van der Waals surface area contributed by atoms with Crippen LogP contribution >= 0.6 is 0 Å². The lowest BCUT2D eigenvalue weighted by Crippen LogP contribution is -1.85. The van der Waals surface area contributed by atoms with Crippen molar-refractivity contribution in [3.8, 4) is 0 Å². The van der Waals surface area contributed by atoms with E-state index < -0.39 is 0 Å². The monoisotopic (exact) mass is 271 g/mol. The number of para-hydroxylation sites is 1. The number of benzene rings is 1. The molecule has 0 bridgehead atoms. The highest BCUT2D eigenvalue weighted by molar-refractivity contribution is 5.85. The summed E-state index contributed by atoms with van der Waals surface area (Å²) in [6.45, 7) is 4.46. The Morgan fingerprint density at radius 1 is 0.900 bits per heavy atom. The zero-order valence-corrected chi connectivity index (χ0v) is 13.2. The molecule has 1 aromatic carbocycles. The summed E-state index contributed by atoms with van der Waals surface area (Å²) in [5.74, 6) is 0. The van der Waals surface area contributed by atoms with Gasteiger partial charge in [0.15, 0.2) is 0 Å². The number of aryl methyl sites for hydroxylation is 2. The van der Waals surface area contributed by atoms with Crippen LogP contribution in [0, 0.1) is 6.92 Å². The van der Waals surface area contributed by atoms with E-state index in [1.807, 2.05) is 0 Å². The van der Waals surface area contributed by atoms with E-state index >= 15 is 0 Å². The van der Waals surface area contributed by atoms with Gasteiger partial charge in [-0.15, -0.1) is 0 Å². The minimum atomic E-state index is 1.22. The molecule has 0 saturated carbocycles. The van der Waals surface area contributed by atoms with Crippen LogP contribution in [0.3, 0.4) is 0 Å². The van der Waals surface area contributed by atoms with Crippen molar-refractivity contribution in [1.29, 1.82) is 0 Å². The Bertz CT molecular complexity index is 509. The molecule has 0 aliphatic rings. The van der Waals surface area contributed by atoms with Crippen molar-refractivity contribution < 1.29 is 0 Å². The number of rotatable bonds is 9. The van der Waals surface area contributed by atoms with Gasteiger partial charge in [-0.2, -0.15) is 0 Å². The van der Waals surface area contributed by atoms with E-state index in [0.717, 1.165) is 0 Å². The first-order valence-electron chi connectivity index (χ1n) is 8.38.